The molecule has 3 rings (SSSR count). The zero-order valence-corrected chi connectivity index (χ0v) is 21.0. The van der Waals surface area contributed by atoms with Gasteiger partial charge in [-0.25, -0.2) is 4.98 Å². The summed E-state index contributed by atoms with van der Waals surface area (Å²) < 4.78 is 45.5. The highest BCUT2D eigenvalue weighted by Gasteiger charge is 2.39. The smallest absolute Gasteiger partial charge is 0.378 e. The molecule has 0 fully saturated rings. The van der Waals surface area contributed by atoms with Gasteiger partial charge in [0.2, 0.25) is 0 Å². The topological polar surface area (TPSA) is 151 Å². The van der Waals surface area contributed by atoms with Gasteiger partial charge in [-0.15, -0.1) is 12.3 Å². The largest absolute Gasteiger partial charge is 0.435 e. The Kier molecular flexibility index (Phi) is 9.51. The second kappa shape index (κ2) is 12.6. The number of imidazole rings is 1. The maximum Gasteiger partial charge on any atom is 0.435 e. The summed E-state index contributed by atoms with van der Waals surface area (Å²) in [4.78, 5) is 31.4. The molecular weight excluding hydrogens is 527 g/mol. The number of carbonyl (C=O) groups excluding carboxylic acids is 2. The molecule has 0 saturated heterocycles. The zero-order chi connectivity index (χ0) is 27.9. The second-order valence-electron chi connectivity index (χ2n) is 8.25. The molecule has 10 nitrogen and oxygen atoms in total. The summed E-state index contributed by atoms with van der Waals surface area (Å²) in [5.41, 5.74) is 4.93. The summed E-state index contributed by atoms with van der Waals surface area (Å²) in [6, 6.07) is 4.53. The Morgan fingerprint density at radius 1 is 1.29 bits per heavy atom. The van der Waals surface area contributed by atoms with E-state index in [9.17, 15) is 22.8 Å². The minimum absolute atomic E-state index is 0.0173. The van der Waals surface area contributed by atoms with Crippen molar-refractivity contribution in [3.05, 3.63) is 57.8 Å². The number of nitrogens with zero attached hydrogens (tertiary/aromatic N) is 2. The molecule has 0 unspecified atom stereocenters. The number of hydrogen-bond acceptors (Lipinski definition) is 6. The van der Waals surface area contributed by atoms with E-state index >= 15 is 0 Å². The molecule has 0 saturated carbocycles. The maximum atomic E-state index is 13.4. The van der Waals surface area contributed by atoms with E-state index in [1.165, 1.54) is 12.1 Å². The van der Waals surface area contributed by atoms with Gasteiger partial charge in [0, 0.05) is 19.1 Å². The van der Waals surface area contributed by atoms with Crippen LogP contribution in [0.15, 0.2) is 24.4 Å². The summed E-state index contributed by atoms with van der Waals surface area (Å²) in [5.74, 6) is 0.991. The molecule has 0 spiro atoms. The molecular formula is C24H25ClF3N7O3. The van der Waals surface area contributed by atoms with Gasteiger partial charge in [-0.1, -0.05) is 17.7 Å². The fourth-order valence-electron chi connectivity index (χ4n) is 3.39. The molecule has 0 aliphatic heterocycles. The number of nitrogens with two attached hydrogens (primary N) is 1. The van der Waals surface area contributed by atoms with Gasteiger partial charge >= 0.3 is 6.18 Å². The van der Waals surface area contributed by atoms with Crippen LogP contribution in [0.25, 0.3) is 11.3 Å². The molecule has 1 atom stereocenters. The standard InChI is InChI=1S/C24H25ClF3N7O3/c1-3-4-17-19(20(35-34-17)24(26,27)28)18-11-31-21(33-18)23(37)32-10-14-5-6-15(16(25)9-14)22(36)30-7-8-38-12-13(2)29/h1,5-6,9,11,13H,4,7-8,10,12,29H2,2H3,(H,30,36)(H,31,33)(H,32,37)(H,34,35)/t13-/m0/s1. The third kappa shape index (κ3) is 7.34. The van der Waals surface area contributed by atoms with Crippen molar-refractivity contribution >= 4 is 23.4 Å². The Morgan fingerprint density at radius 2 is 2.05 bits per heavy atom. The lowest BCUT2D eigenvalue weighted by Crippen LogP contribution is -2.29. The van der Waals surface area contributed by atoms with Crippen LogP contribution in [0, 0.1) is 12.3 Å². The van der Waals surface area contributed by atoms with Crippen molar-refractivity contribution in [2.75, 3.05) is 19.8 Å². The van der Waals surface area contributed by atoms with Gasteiger partial charge in [0.25, 0.3) is 11.8 Å². The molecule has 3 aromatic rings. The Hall–Kier alpha value is -3.86. The number of aromatic nitrogens is 4. The predicted molar refractivity (Wildman–Crippen MR) is 133 cm³/mol. The summed E-state index contributed by atoms with van der Waals surface area (Å²) in [5, 5.41) is 11.1. The van der Waals surface area contributed by atoms with E-state index in [4.69, 9.17) is 28.5 Å². The molecule has 14 heteroatoms. The highest BCUT2D eigenvalue weighted by molar-refractivity contribution is 6.33. The Morgan fingerprint density at radius 3 is 2.71 bits per heavy atom. The number of amides is 2. The van der Waals surface area contributed by atoms with Gasteiger partial charge in [0.15, 0.2) is 11.5 Å². The molecule has 0 aliphatic rings. The first kappa shape index (κ1) is 28.7. The van der Waals surface area contributed by atoms with Crippen LogP contribution in [0.5, 0.6) is 0 Å². The number of nitrogens with one attached hydrogen (secondary N) is 4. The summed E-state index contributed by atoms with van der Waals surface area (Å²) in [6.45, 7) is 2.77. The van der Waals surface area contributed by atoms with E-state index in [1.807, 2.05) is 0 Å². The summed E-state index contributed by atoms with van der Waals surface area (Å²) in [6.07, 6.45) is 1.47. The van der Waals surface area contributed by atoms with Crippen LogP contribution < -0.4 is 16.4 Å². The van der Waals surface area contributed by atoms with Crippen LogP contribution in [-0.2, 0) is 23.9 Å². The fraction of sp³-hybridized carbons (Fsp3) is 0.333. The fourth-order valence-corrected chi connectivity index (χ4v) is 3.68. The molecule has 202 valence electrons. The van der Waals surface area contributed by atoms with Crippen LogP contribution >= 0.6 is 11.6 Å². The molecule has 0 radical (unpaired) electrons. The Labute approximate surface area is 220 Å². The van der Waals surface area contributed by atoms with Crippen LogP contribution in [0.2, 0.25) is 5.02 Å². The number of hydrogen-bond donors (Lipinski definition) is 5. The quantitative estimate of drug-likeness (QED) is 0.183. The average Bonchev–Trinajstić information content (AvgIpc) is 3.49. The number of H-pyrrole nitrogens is 2. The predicted octanol–water partition coefficient (Wildman–Crippen LogP) is 2.67. The van der Waals surface area contributed by atoms with Crippen molar-refractivity contribution in [1.29, 1.82) is 0 Å². The van der Waals surface area contributed by atoms with Crippen LogP contribution in [0.1, 0.15) is 44.9 Å². The van der Waals surface area contributed by atoms with Crippen molar-refractivity contribution in [3.63, 3.8) is 0 Å². The van der Waals surface area contributed by atoms with Crippen molar-refractivity contribution in [2.45, 2.75) is 32.1 Å². The lowest BCUT2D eigenvalue weighted by Gasteiger charge is -2.10. The number of alkyl halides is 3. The van der Waals surface area contributed by atoms with Gasteiger partial charge < -0.3 is 26.1 Å². The number of benzene rings is 1. The number of carbonyl (C=O) groups is 2. The average molecular weight is 552 g/mol. The van der Waals surface area contributed by atoms with E-state index in [0.717, 1.165) is 6.20 Å². The van der Waals surface area contributed by atoms with Gasteiger partial charge in [0.05, 0.1) is 53.4 Å². The zero-order valence-electron chi connectivity index (χ0n) is 20.2. The van der Waals surface area contributed by atoms with E-state index < -0.39 is 17.8 Å². The van der Waals surface area contributed by atoms with Gasteiger partial charge in [-0.2, -0.15) is 18.3 Å². The first-order chi connectivity index (χ1) is 18.0. The first-order valence-electron chi connectivity index (χ1n) is 11.3. The lowest BCUT2D eigenvalue weighted by atomic mass is 10.1. The van der Waals surface area contributed by atoms with E-state index in [0.29, 0.717) is 18.8 Å². The number of halogens is 4. The summed E-state index contributed by atoms with van der Waals surface area (Å²) >= 11 is 6.24. The number of rotatable bonds is 11. The maximum absolute atomic E-state index is 13.4. The van der Waals surface area contributed by atoms with Crippen molar-refractivity contribution in [2.24, 2.45) is 5.73 Å². The van der Waals surface area contributed by atoms with Crippen LogP contribution in [-0.4, -0.2) is 57.8 Å². The Balaban J connectivity index is 1.62. The molecule has 2 amide bonds. The SMILES string of the molecule is C#CCc1[nH]nc(C(F)(F)F)c1-c1cnc(C(=O)NCc2ccc(C(=O)NCCOC[C@H](C)N)c(Cl)c2)[nH]1. The highest BCUT2D eigenvalue weighted by Crippen LogP contribution is 2.37. The molecule has 6 N–H and O–H groups in total. The highest BCUT2D eigenvalue weighted by atomic mass is 35.5. The number of terminal acetylenes is 1. The molecule has 38 heavy (non-hydrogen) atoms. The first-order valence-corrected chi connectivity index (χ1v) is 11.7. The van der Waals surface area contributed by atoms with E-state index in [2.05, 4.69) is 36.7 Å². The van der Waals surface area contributed by atoms with Gasteiger partial charge in [0.1, 0.15) is 0 Å². The van der Waals surface area contributed by atoms with Crippen molar-refractivity contribution in [1.82, 2.24) is 30.8 Å². The molecule has 0 aliphatic carbocycles. The third-order valence-corrected chi connectivity index (χ3v) is 5.41. The van der Waals surface area contributed by atoms with Crippen LogP contribution in [0.4, 0.5) is 13.2 Å². The third-order valence-electron chi connectivity index (χ3n) is 5.09. The van der Waals surface area contributed by atoms with E-state index in [1.54, 1.807) is 13.0 Å². The van der Waals surface area contributed by atoms with Crippen molar-refractivity contribution < 1.29 is 27.5 Å². The number of ether oxygens (including phenoxy) is 1. The minimum Gasteiger partial charge on any atom is -0.378 e. The number of aromatic amines is 2. The monoisotopic (exact) mass is 551 g/mol. The Bertz CT molecular complexity index is 1330. The van der Waals surface area contributed by atoms with Gasteiger partial charge in [-0.3, -0.25) is 14.7 Å². The van der Waals surface area contributed by atoms with Gasteiger partial charge in [-0.05, 0) is 24.6 Å². The lowest BCUT2D eigenvalue weighted by molar-refractivity contribution is -0.140. The molecule has 0 bridgehead atoms. The van der Waals surface area contributed by atoms with Crippen molar-refractivity contribution in [3.8, 4) is 23.6 Å². The molecule has 2 heterocycles. The van der Waals surface area contributed by atoms with E-state index in [-0.39, 0.29) is 64.8 Å². The molecule has 1 aromatic carbocycles. The minimum atomic E-state index is -4.74. The van der Waals surface area contributed by atoms with Crippen LogP contribution in [0.3, 0.4) is 0 Å². The summed E-state index contributed by atoms with van der Waals surface area (Å²) in [7, 11) is 0. The molecule has 2 aromatic heterocycles. The normalized spacial score (nSPS) is 12.1. The second-order valence-corrected chi connectivity index (χ2v) is 8.66.